The number of benzene rings is 1. The van der Waals surface area contributed by atoms with Crippen molar-refractivity contribution in [3.63, 3.8) is 0 Å². The minimum absolute atomic E-state index is 0.00777. The minimum Gasteiger partial charge on any atom is -0.309 e. The van der Waals surface area contributed by atoms with Crippen molar-refractivity contribution in [2.75, 3.05) is 5.32 Å². The van der Waals surface area contributed by atoms with Crippen LogP contribution in [0.4, 0.5) is 5.82 Å². The Kier molecular flexibility index (Phi) is 5.62. The van der Waals surface area contributed by atoms with Crippen LogP contribution in [0.2, 0.25) is 0 Å². The molecule has 0 spiro atoms. The fraction of sp³-hybridized carbons (Fsp3) is 0.353. The molecule has 0 aliphatic heterocycles. The highest BCUT2D eigenvalue weighted by molar-refractivity contribution is 7.27. The lowest BCUT2D eigenvalue weighted by Gasteiger charge is -2.12. The van der Waals surface area contributed by atoms with Gasteiger partial charge in [-0.2, -0.15) is 0 Å². The van der Waals surface area contributed by atoms with Gasteiger partial charge < -0.3 is 5.32 Å². The smallest absolute Gasteiger partial charge is 0.228 e. The summed E-state index contributed by atoms with van der Waals surface area (Å²) in [4.78, 5) is 21.1. The first-order valence-corrected chi connectivity index (χ1v) is 8.15. The molecule has 5 heteroatoms. The molecule has 2 aromatic rings. The van der Waals surface area contributed by atoms with Gasteiger partial charge in [0.25, 0.3) is 0 Å². The average Bonchev–Trinajstić information content (AvgIpc) is 2.55. The second kappa shape index (κ2) is 7.46. The van der Waals surface area contributed by atoms with Gasteiger partial charge in [0, 0.05) is 11.5 Å². The van der Waals surface area contributed by atoms with Crippen LogP contribution in [-0.2, 0) is 11.2 Å². The van der Waals surface area contributed by atoms with Gasteiger partial charge in [0.05, 0.1) is 17.6 Å². The van der Waals surface area contributed by atoms with Crippen LogP contribution in [0.3, 0.4) is 0 Å². The van der Waals surface area contributed by atoms with Gasteiger partial charge in [-0.1, -0.05) is 45.0 Å². The maximum atomic E-state index is 12.0. The first-order valence-electron chi connectivity index (χ1n) is 7.57. The van der Waals surface area contributed by atoms with E-state index < -0.39 is 0 Å². The number of anilines is 1. The van der Waals surface area contributed by atoms with Crippen molar-refractivity contribution in [2.45, 2.75) is 33.6 Å². The molecule has 4 nitrogen and oxygen atoms in total. The van der Waals surface area contributed by atoms with Crippen LogP contribution < -0.4 is 10.6 Å². The minimum atomic E-state index is -0.0271. The number of rotatable bonds is 5. The lowest BCUT2D eigenvalue weighted by molar-refractivity contribution is -0.119. The molecule has 1 heterocycles. The number of hydrogen-bond donors (Lipinski definition) is 1. The van der Waals surface area contributed by atoms with Crippen molar-refractivity contribution in [2.24, 2.45) is 5.92 Å². The Morgan fingerprint density at radius 2 is 1.95 bits per heavy atom. The van der Waals surface area contributed by atoms with Crippen LogP contribution in [0.5, 0.6) is 0 Å². The van der Waals surface area contributed by atoms with Crippen LogP contribution in [0, 0.1) is 5.92 Å². The number of carbonyl (C=O) groups excluding carboxylic acids is 1. The Morgan fingerprint density at radius 1 is 1.27 bits per heavy atom. The molecule has 2 unspecified atom stereocenters. The van der Waals surface area contributed by atoms with E-state index in [0.717, 1.165) is 35.1 Å². The molecule has 2 atom stereocenters. The number of nitrogens with one attached hydrogen (secondary N) is 1. The number of aromatic nitrogens is 2. The Bertz CT molecular complexity index is 655. The Morgan fingerprint density at radius 3 is 2.55 bits per heavy atom. The fourth-order valence-corrected chi connectivity index (χ4v) is 2.19. The number of hydrogen-bond acceptors (Lipinski definition) is 3. The number of carbonyl (C=O) groups is 1. The van der Waals surface area contributed by atoms with E-state index in [1.807, 2.05) is 45.0 Å². The molecular weight excluding hydrogens is 293 g/mol. The molecule has 0 aliphatic rings. The quantitative estimate of drug-likeness (QED) is 0.862. The summed E-state index contributed by atoms with van der Waals surface area (Å²) >= 11 is 0. The maximum absolute atomic E-state index is 12.0. The number of amides is 1. The summed E-state index contributed by atoms with van der Waals surface area (Å²) in [5, 5.41) is 4.01. The van der Waals surface area contributed by atoms with E-state index in [9.17, 15) is 4.79 Å². The van der Waals surface area contributed by atoms with Gasteiger partial charge in [0.15, 0.2) is 5.82 Å². The first kappa shape index (κ1) is 16.6. The van der Waals surface area contributed by atoms with Crippen molar-refractivity contribution < 1.29 is 4.79 Å². The third-order valence-electron chi connectivity index (χ3n) is 3.69. The molecule has 0 saturated heterocycles. The lowest BCUT2D eigenvalue weighted by atomic mass is 10.1. The van der Waals surface area contributed by atoms with Crippen molar-refractivity contribution >= 4 is 26.3 Å². The largest absolute Gasteiger partial charge is 0.309 e. The third kappa shape index (κ3) is 3.89. The van der Waals surface area contributed by atoms with Gasteiger partial charge in [-0.15, -0.1) is 9.24 Å². The monoisotopic (exact) mass is 315 g/mol. The molecule has 22 heavy (non-hydrogen) atoms. The molecule has 0 aliphatic carbocycles. The first-order chi connectivity index (χ1) is 10.5. The molecule has 1 aromatic carbocycles. The molecule has 116 valence electrons. The predicted octanol–water partition coefficient (Wildman–Crippen LogP) is 3.19. The molecule has 0 radical (unpaired) electrons. The Balaban J connectivity index is 2.28. The molecule has 1 amide bonds. The summed E-state index contributed by atoms with van der Waals surface area (Å²) in [6.45, 7) is 5.92. The normalized spacial score (nSPS) is 12.0. The highest BCUT2D eigenvalue weighted by atomic mass is 31.0. The molecule has 0 fully saturated rings. The number of nitrogens with zero attached hydrogens (tertiary/aromatic N) is 2. The van der Waals surface area contributed by atoms with Crippen LogP contribution in [0.1, 0.15) is 32.9 Å². The molecular formula is C17H22N3OP. The highest BCUT2D eigenvalue weighted by Crippen LogP contribution is 2.20. The van der Waals surface area contributed by atoms with E-state index in [2.05, 4.69) is 24.5 Å². The lowest BCUT2D eigenvalue weighted by Crippen LogP contribution is -2.21. The van der Waals surface area contributed by atoms with Gasteiger partial charge in [0.1, 0.15) is 0 Å². The van der Waals surface area contributed by atoms with Gasteiger partial charge in [0.2, 0.25) is 5.91 Å². The zero-order valence-electron chi connectivity index (χ0n) is 13.3. The topological polar surface area (TPSA) is 54.9 Å². The van der Waals surface area contributed by atoms with Crippen LogP contribution in [-0.4, -0.2) is 15.9 Å². The summed E-state index contributed by atoms with van der Waals surface area (Å²) in [5.74, 6) is 0.534. The van der Waals surface area contributed by atoms with Crippen LogP contribution in [0.25, 0.3) is 11.3 Å². The Labute approximate surface area is 134 Å². The van der Waals surface area contributed by atoms with E-state index in [1.165, 1.54) is 0 Å². The summed E-state index contributed by atoms with van der Waals surface area (Å²) in [5.41, 5.74) is 2.65. The molecule has 1 aromatic heterocycles. The van der Waals surface area contributed by atoms with Gasteiger partial charge in [-0.25, -0.2) is 9.97 Å². The van der Waals surface area contributed by atoms with E-state index in [0.29, 0.717) is 5.82 Å². The van der Waals surface area contributed by atoms with Gasteiger partial charge in [-0.3, -0.25) is 4.79 Å². The van der Waals surface area contributed by atoms with Crippen molar-refractivity contribution in [1.82, 2.24) is 9.97 Å². The third-order valence-corrected chi connectivity index (χ3v) is 4.07. The van der Waals surface area contributed by atoms with Crippen LogP contribution >= 0.6 is 9.24 Å². The standard InChI is InChI=1S/C17H22N3OP/c1-4-11(3)17(21)20-16-14(5-2)19-15(10-18-16)12-6-8-13(22)9-7-12/h6-11H,4-5,22H2,1-3H3,(H,18,20,21). The van der Waals surface area contributed by atoms with E-state index in [-0.39, 0.29) is 11.8 Å². The second-order valence-electron chi connectivity index (χ2n) is 5.32. The van der Waals surface area contributed by atoms with E-state index >= 15 is 0 Å². The summed E-state index contributed by atoms with van der Waals surface area (Å²) in [6.07, 6.45) is 3.24. The van der Waals surface area contributed by atoms with E-state index in [4.69, 9.17) is 0 Å². The zero-order valence-corrected chi connectivity index (χ0v) is 14.4. The maximum Gasteiger partial charge on any atom is 0.228 e. The fourth-order valence-electron chi connectivity index (χ4n) is 2.00. The average molecular weight is 315 g/mol. The molecule has 0 bridgehead atoms. The van der Waals surface area contributed by atoms with Crippen molar-refractivity contribution in [1.29, 1.82) is 0 Å². The molecule has 2 rings (SSSR count). The second-order valence-corrected chi connectivity index (χ2v) is 5.99. The van der Waals surface area contributed by atoms with Crippen molar-refractivity contribution in [3.8, 4) is 11.3 Å². The van der Waals surface area contributed by atoms with Gasteiger partial charge in [-0.05, 0) is 18.1 Å². The molecule has 1 N–H and O–H groups in total. The summed E-state index contributed by atoms with van der Waals surface area (Å²) in [6, 6.07) is 8.07. The van der Waals surface area contributed by atoms with Crippen molar-refractivity contribution in [3.05, 3.63) is 36.2 Å². The Hall–Kier alpha value is -1.80. The molecule has 0 saturated carbocycles. The number of aryl methyl sites for hydroxylation is 1. The SMILES string of the molecule is CCc1nc(-c2ccc(P)cc2)cnc1NC(=O)C(C)CC. The predicted molar refractivity (Wildman–Crippen MR) is 94.3 cm³/mol. The van der Waals surface area contributed by atoms with Gasteiger partial charge >= 0.3 is 0 Å². The highest BCUT2D eigenvalue weighted by Gasteiger charge is 2.14. The van der Waals surface area contributed by atoms with Crippen LogP contribution in [0.15, 0.2) is 30.5 Å². The summed E-state index contributed by atoms with van der Waals surface area (Å²) < 4.78 is 0. The van der Waals surface area contributed by atoms with E-state index in [1.54, 1.807) is 6.20 Å². The summed E-state index contributed by atoms with van der Waals surface area (Å²) in [7, 11) is 2.66. The zero-order chi connectivity index (χ0) is 16.1.